The molecule has 0 saturated heterocycles. The minimum absolute atomic E-state index is 0.479. The number of aromatic nitrogens is 3. The number of fused-ring (bicyclic) bond motifs is 2. The van der Waals surface area contributed by atoms with E-state index < -0.39 is 0 Å². The first-order chi connectivity index (χ1) is 9.82. The fourth-order valence-electron chi connectivity index (χ4n) is 3.69. The van der Waals surface area contributed by atoms with E-state index in [1.807, 2.05) is 0 Å². The highest BCUT2D eigenvalue weighted by Gasteiger charge is 2.55. The Labute approximate surface area is 117 Å². The van der Waals surface area contributed by atoms with Crippen LogP contribution in [0.15, 0.2) is 18.5 Å². The van der Waals surface area contributed by atoms with Crippen LogP contribution < -0.4 is 4.74 Å². The molecule has 102 valence electrons. The molecule has 2 atom stereocenters. The SMILES string of the molecule is N#Cc1cnn2c(OCC[C@@]34CCC[C@@H]3C4)ccnc12. The molecule has 20 heavy (non-hydrogen) atoms. The highest BCUT2D eigenvalue weighted by Crippen LogP contribution is 2.65. The zero-order valence-electron chi connectivity index (χ0n) is 11.2. The Morgan fingerprint density at radius 2 is 2.50 bits per heavy atom. The first-order valence-corrected chi connectivity index (χ1v) is 7.18. The van der Waals surface area contributed by atoms with E-state index in [0.29, 0.717) is 22.5 Å². The summed E-state index contributed by atoms with van der Waals surface area (Å²) in [5.74, 6) is 1.63. The number of rotatable bonds is 4. The average molecular weight is 268 g/mol. The number of nitriles is 1. The van der Waals surface area contributed by atoms with E-state index in [1.165, 1.54) is 31.9 Å². The predicted octanol–water partition coefficient (Wildman–Crippen LogP) is 2.56. The summed E-state index contributed by atoms with van der Waals surface area (Å²) in [5.41, 5.74) is 1.63. The third kappa shape index (κ3) is 1.68. The molecular weight excluding hydrogens is 252 g/mol. The van der Waals surface area contributed by atoms with Crippen molar-refractivity contribution in [3.8, 4) is 11.9 Å². The number of nitrogens with zero attached hydrogens (tertiary/aromatic N) is 4. The molecule has 0 radical (unpaired) electrons. The van der Waals surface area contributed by atoms with Gasteiger partial charge in [0.05, 0.1) is 12.8 Å². The van der Waals surface area contributed by atoms with Gasteiger partial charge in [-0.2, -0.15) is 14.9 Å². The second kappa shape index (κ2) is 4.20. The van der Waals surface area contributed by atoms with Crippen LogP contribution in [0.2, 0.25) is 0 Å². The van der Waals surface area contributed by atoms with Gasteiger partial charge in [0.25, 0.3) is 0 Å². The normalized spacial score (nSPS) is 27.2. The summed E-state index contributed by atoms with van der Waals surface area (Å²) in [6, 6.07) is 3.89. The third-order valence-electron chi connectivity index (χ3n) is 4.92. The zero-order valence-corrected chi connectivity index (χ0v) is 11.2. The maximum Gasteiger partial charge on any atom is 0.218 e. The minimum Gasteiger partial charge on any atom is -0.478 e. The van der Waals surface area contributed by atoms with E-state index in [-0.39, 0.29) is 0 Å². The topological polar surface area (TPSA) is 63.2 Å². The van der Waals surface area contributed by atoms with Crippen LogP contribution in [-0.4, -0.2) is 21.2 Å². The molecule has 0 unspecified atom stereocenters. The largest absolute Gasteiger partial charge is 0.478 e. The van der Waals surface area contributed by atoms with Crippen molar-refractivity contribution in [2.75, 3.05) is 6.61 Å². The summed E-state index contributed by atoms with van der Waals surface area (Å²) >= 11 is 0. The van der Waals surface area contributed by atoms with Crippen LogP contribution in [0.25, 0.3) is 5.65 Å². The fourth-order valence-corrected chi connectivity index (χ4v) is 3.69. The maximum absolute atomic E-state index is 8.99. The highest BCUT2D eigenvalue weighted by atomic mass is 16.5. The van der Waals surface area contributed by atoms with Crippen molar-refractivity contribution in [2.24, 2.45) is 11.3 Å². The molecule has 2 aromatic rings. The number of ether oxygens (including phenoxy) is 1. The smallest absolute Gasteiger partial charge is 0.218 e. The summed E-state index contributed by atoms with van der Waals surface area (Å²) in [7, 11) is 0. The molecule has 2 aliphatic rings. The van der Waals surface area contributed by atoms with E-state index in [0.717, 1.165) is 18.9 Å². The van der Waals surface area contributed by atoms with Gasteiger partial charge in [-0.05, 0) is 37.0 Å². The second-order valence-corrected chi connectivity index (χ2v) is 5.94. The lowest BCUT2D eigenvalue weighted by Gasteiger charge is -2.13. The van der Waals surface area contributed by atoms with Crippen LogP contribution in [0.5, 0.6) is 5.88 Å². The number of hydrogen-bond donors (Lipinski definition) is 0. The molecule has 0 aromatic carbocycles. The first kappa shape index (κ1) is 11.7. The van der Waals surface area contributed by atoms with Crippen LogP contribution in [0, 0.1) is 22.7 Å². The maximum atomic E-state index is 8.99. The van der Waals surface area contributed by atoms with E-state index in [1.54, 1.807) is 16.8 Å². The molecule has 2 heterocycles. The molecule has 0 bridgehead atoms. The Balaban J connectivity index is 1.49. The van der Waals surface area contributed by atoms with Crippen LogP contribution >= 0.6 is 0 Å². The van der Waals surface area contributed by atoms with E-state index in [2.05, 4.69) is 16.2 Å². The predicted molar refractivity (Wildman–Crippen MR) is 72.2 cm³/mol. The van der Waals surface area contributed by atoms with Gasteiger partial charge in [-0.15, -0.1) is 0 Å². The third-order valence-corrected chi connectivity index (χ3v) is 4.92. The molecule has 0 N–H and O–H groups in total. The summed E-state index contributed by atoms with van der Waals surface area (Å²) in [5, 5.41) is 13.2. The van der Waals surface area contributed by atoms with Gasteiger partial charge in [-0.25, -0.2) is 4.98 Å². The summed E-state index contributed by atoms with van der Waals surface area (Å²) in [6.45, 7) is 0.720. The zero-order chi connectivity index (χ0) is 13.6. The van der Waals surface area contributed by atoms with Gasteiger partial charge < -0.3 is 4.74 Å². The monoisotopic (exact) mass is 268 g/mol. The van der Waals surface area contributed by atoms with Crippen molar-refractivity contribution in [1.82, 2.24) is 14.6 Å². The Bertz CT molecular complexity index is 701. The molecule has 2 aliphatic carbocycles. The molecule has 0 spiro atoms. The minimum atomic E-state index is 0.479. The lowest BCUT2D eigenvalue weighted by molar-refractivity contribution is 0.251. The lowest BCUT2D eigenvalue weighted by atomic mass is 10.0. The standard InChI is InChI=1S/C15H16N4O/c16-9-11-10-18-19-13(3-6-17-14(11)19)20-7-5-15-4-1-2-12(15)8-15/h3,6,10,12H,1-2,4-5,7-8H2/t12-,15-/m1/s1. The molecule has 2 fully saturated rings. The van der Waals surface area contributed by atoms with E-state index in [9.17, 15) is 0 Å². The average Bonchev–Trinajstić information content (AvgIpc) is 2.85. The van der Waals surface area contributed by atoms with Crippen molar-refractivity contribution in [2.45, 2.75) is 32.1 Å². The van der Waals surface area contributed by atoms with Gasteiger partial charge in [0.2, 0.25) is 5.88 Å². The molecule has 4 rings (SSSR count). The molecule has 0 aliphatic heterocycles. The quantitative estimate of drug-likeness (QED) is 0.855. The highest BCUT2D eigenvalue weighted by molar-refractivity contribution is 5.54. The van der Waals surface area contributed by atoms with Gasteiger partial charge in [0, 0.05) is 12.3 Å². The number of hydrogen-bond acceptors (Lipinski definition) is 4. The van der Waals surface area contributed by atoms with Crippen LogP contribution in [-0.2, 0) is 0 Å². The Hall–Kier alpha value is -2.09. The van der Waals surface area contributed by atoms with Crippen molar-refractivity contribution < 1.29 is 4.74 Å². The van der Waals surface area contributed by atoms with Crippen LogP contribution in [0.4, 0.5) is 0 Å². The summed E-state index contributed by atoms with van der Waals surface area (Å²) in [6.07, 6.45) is 9.88. The lowest BCUT2D eigenvalue weighted by Crippen LogP contribution is -2.09. The molecule has 2 saturated carbocycles. The molecule has 0 amide bonds. The van der Waals surface area contributed by atoms with Crippen molar-refractivity contribution in [3.63, 3.8) is 0 Å². The molecule has 5 nitrogen and oxygen atoms in total. The summed E-state index contributed by atoms with van der Waals surface area (Å²) < 4.78 is 7.49. The summed E-state index contributed by atoms with van der Waals surface area (Å²) in [4.78, 5) is 4.18. The van der Waals surface area contributed by atoms with Crippen LogP contribution in [0.1, 0.15) is 37.7 Å². The first-order valence-electron chi connectivity index (χ1n) is 7.18. The van der Waals surface area contributed by atoms with Gasteiger partial charge in [-0.3, -0.25) is 0 Å². The molecule has 5 heteroatoms. The Morgan fingerprint density at radius 1 is 1.55 bits per heavy atom. The Morgan fingerprint density at radius 3 is 3.25 bits per heavy atom. The van der Waals surface area contributed by atoms with Crippen molar-refractivity contribution >= 4 is 5.65 Å². The van der Waals surface area contributed by atoms with E-state index in [4.69, 9.17) is 10.00 Å². The van der Waals surface area contributed by atoms with Gasteiger partial charge in [0.1, 0.15) is 11.6 Å². The van der Waals surface area contributed by atoms with Gasteiger partial charge >= 0.3 is 0 Å². The molecular formula is C15H16N4O. The molecule has 2 aromatic heterocycles. The van der Waals surface area contributed by atoms with Gasteiger partial charge in [0.15, 0.2) is 5.65 Å². The van der Waals surface area contributed by atoms with Crippen molar-refractivity contribution in [1.29, 1.82) is 5.26 Å². The Kier molecular flexibility index (Phi) is 2.46. The second-order valence-electron chi connectivity index (χ2n) is 5.94. The van der Waals surface area contributed by atoms with Gasteiger partial charge in [-0.1, -0.05) is 6.42 Å². The fraction of sp³-hybridized carbons (Fsp3) is 0.533. The van der Waals surface area contributed by atoms with Crippen molar-refractivity contribution in [3.05, 3.63) is 24.0 Å². The van der Waals surface area contributed by atoms with E-state index >= 15 is 0 Å². The van der Waals surface area contributed by atoms with Crippen LogP contribution in [0.3, 0.4) is 0 Å².